The van der Waals surface area contributed by atoms with E-state index in [4.69, 9.17) is 10.5 Å². The topological polar surface area (TPSA) is 123 Å². The van der Waals surface area contributed by atoms with Crippen LogP contribution >= 0.6 is 0 Å². The molecular formula is C20H24N4O4. The summed E-state index contributed by atoms with van der Waals surface area (Å²) >= 11 is 0. The Morgan fingerprint density at radius 1 is 0.964 bits per heavy atom. The average molecular weight is 384 g/mol. The van der Waals surface area contributed by atoms with Gasteiger partial charge in [-0.3, -0.25) is 9.59 Å². The zero-order valence-electron chi connectivity index (χ0n) is 15.7. The van der Waals surface area contributed by atoms with Gasteiger partial charge in [-0.05, 0) is 49.2 Å². The van der Waals surface area contributed by atoms with E-state index in [-0.39, 0.29) is 11.8 Å². The lowest BCUT2D eigenvalue weighted by molar-refractivity contribution is -0.116. The Morgan fingerprint density at radius 2 is 1.68 bits per heavy atom. The minimum Gasteiger partial charge on any atom is -0.495 e. The first-order valence-corrected chi connectivity index (χ1v) is 8.87. The van der Waals surface area contributed by atoms with E-state index in [9.17, 15) is 14.4 Å². The van der Waals surface area contributed by atoms with Gasteiger partial charge in [-0.25, -0.2) is 4.79 Å². The highest BCUT2D eigenvalue weighted by molar-refractivity contribution is 6.05. The molecule has 0 spiro atoms. The molecule has 8 heteroatoms. The highest BCUT2D eigenvalue weighted by Crippen LogP contribution is 2.23. The molecule has 0 aliphatic heterocycles. The summed E-state index contributed by atoms with van der Waals surface area (Å²) in [6.07, 6.45) is 1.63. The Kier molecular flexibility index (Phi) is 7.83. The lowest BCUT2D eigenvalue weighted by atomic mass is 10.1. The Labute approximate surface area is 163 Å². The minimum atomic E-state index is -0.570. The summed E-state index contributed by atoms with van der Waals surface area (Å²) in [5, 5.41) is 8.04. The maximum absolute atomic E-state index is 12.4. The maximum atomic E-state index is 12.4. The number of anilines is 2. The predicted octanol–water partition coefficient (Wildman–Crippen LogP) is 2.72. The van der Waals surface area contributed by atoms with E-state index in [2.05, 4.69) is 16.0 Å². The van der Waals surface area contributed by atoms with Crippen molar-refractivity contribution in [3.05, 3.63) is 54.1 Å². The predicted molar refractivity (Wildman–Crippen MR) is 107 cm³/mol. The fourth-order valence-corrected chi connectivity index (χ4v) is 2.49. The number of rotatable bonds is 9. The van der Waals surface area contributed by atoms with E-state index in [0.29, 0.717) is 48.5 Å². The van der Waals surface area contributed by atoms with Crippen molar-refractivity contribution in [2.45, 2.75) is 19.3 Å². The van der Waals surface area contributed by atoms with E-state index in [1.165, 1.54) is 7.11 Å². The monoisotopic (exact) mass is 384 g/mol. The van der Waals surface area contributed by atoms with Crippen LogP contribution in [0.2, 0.25) is 0 Å². The molecule has 0 unspecified atom stereocenters. The van der Waals surface area contributed by atoms with Gasteiger partial charge in [0.15, 0.2) is 0 Å². The van der Waals surface area contributed by atoms with E-state index in [0.717, 1.165) is 0 Å². The van der Waals surface area contributed by atoms with Crippen molar-refractivity contribution in [1.82, 2.24) is 5.32 Å². The number of carbonyl (C=O) groups excluding carboxylic acids is 3. The molecule has 5 N–H and O–H groups in total. The van der Waals surface area contributed by atoms with Gasteiger partial charge in [-0.1, -0.05) is 12.1 Å². The third kappa shape index (κ3) is 6.64. The number of urea groups is 1. The van der Waals surface area contributed by atoms with Gasteiger partial charge < -0.3 is 26.4 Å². The molecule has 4 amide bonds. The summed E-state index contributed by atoms with van der Waals surface area (Å²) in [5.74, 6) is 0.167. The number of amides is 4. The lowest BCUT2D eigenvalue weighted by Crippen LogP contribution is -2.30. The Balaban J connectivity index is 1.83. The van der Waals surface area contributed by atoms with Crippen LogP contribution in [0.5, 0.6) is 5.75 Å². The molecule has 0 aromatic heterocycles. The molecule has 2 rings (SSSR count). The summed E-state index contributed by atoms with van der Waals surface area (Å²) in [5.41, 5.74) is 6.61. The van der Waals surface area contributed by atoms with Crippen molar-refractivity contribution >= 4 is 29.2 Å². The SMILES string of the molecule is COc1ccccc1NC(=O)c1ccc(NC(=O)CCCCNC(N)=O)cc1. The van der Waals surface area contributed by atoms with E-state index in [1.807, 2.05) is 6.07 Å². The molecule has 0 heterocycles. The quantitative estimate of drug-likeness (QED) is 0.496. The van der Waals surface area contributed by atoms with Crippen LogP contribution in [0.1, 0.15) is 29.6 Å². The van der Waals surface area contributed by atoms with Gasteiger partial charge in [0.1, 0.15) is 5.75 Å². The van der Waals surface area contributed by atoms with Crippen molar-refractivity contribution in [2.24, 2.45) is 5.73 Å². The molecule has 0 aliphatic rings. The van der Waals surface area contributed by atoms with Crippen molar-refractivity contribution in [3.63, 3.8) is 0 Å². The molecule has 2 aromatic rings. The summed E-state index contributed by atoms with van der Waals surface area (Å²) < 4.78 is 5.22. The number of primary amides is 1. The fraction of sp³-hybridized carbons (Fsp3) is 0.250. The number of ether oxygens (including phenoxy) is 1. The standard InChI is InChI=1S/C20H24N4O4/c1-28-17-7-3-2-6-16(17)24-19(26)14-9-11-15(12-10-14)23-18(25)8-4-5-13-22-20(21)27/h2-3,6-7,9-12H,4-5,8,13H2,1H3,(H,23,25)(H,24,26)(H3,21,22,27). The number of hydrogen-bond acceptors (Lipinski definition) is 4. The maximum Gasteiger partial charge on any atom is 0.312 e. The fourth-order valence-electron chi connectivity index (χ4n) is 2.49. The molecule has 2 aromatic carbocycles. The van der Waals surface area contributed by atoms with E-state index < -0.39 is 6.03 Å². The number of carbonyl (C=O) groups is 3. The first-order valence-electron chi connectivity index (χ1n) is 8.87. The molecule has 148 valence electrons. The number of hydrogen-bond donors (Lipinski definition) is 4. The average Bonchev–Trinajstić information content (AvgIpc) is 2.68. The first kappa shape index (κ1) is 20.8. The van der Waals surface area contributed by atoms with Crippen LogP contribution in [0.4, 0.5) is 16.2 Å². The zero-order chi connectivity index (χ0) is 20.4. The van der Waals surface area contributed by atoms with Gasteiger partial charge in [-0.15, -0.1) is 0 Å². The number of methoxy groups -OCH3 is 1. The van der Waals surface area contributed by atoms with Crippen LogP contribution in [-0.2, 0) is 4.79 Å². The number of nitrogens with two attached hydrogens (primary N) is 1. The third-order valence-corrected chi connectivity index (χ3v) is 3.92. The normalized spacial score (nSPS) is 10.0. The van der Waals surface area contributed by atoms with Crippen molar-refractivity contribution in [2.75, 3.05) is 24.3 Å². The molecule has 0 saturated heterocycles. The summed E-state index contributed by atoms with van der Waals surface area (Å²) in [7, 11) is 1.54. The molecule has 28 heavy (non-hydrogen) atoms. The van der Waals surface area contributed by atoms with Crippen LogP contribution in [0, 0.1) is 0 Å². The molecule has 0 fully saturated rings. The largest absolute Gasteiger partial charge is 0.495 e. The van der Waals surface area contributed by atoms with Gasteiger partial charge in [0.05, 0.1) is 12.8 Å². The Bertz CT molecular complexity index is 821. The number of nitrogens with one attached hydrogen (secondary N) is 3. The second-order valence-electron chi connectivity index (χ2n) is 6.03. The van der Waals surface area contributed by atoms with Gasteiger partial charge in [-0.2, -0.15) is 0 Å². The highest BCUT2D eigenvalue weighted by atomic mass is 16.5. The number of para-hydroxylation sites is 2. The first-order chi connectivity index (χ1) is 13.5. The van der Waals surface area contributed by atoms with Crippen LogP contribution in [0.25, 0.3) is 0 Å². The molecule has 8 nitrogen and oxygen atoms in total. The molecule has 0 aliphatic carbocycles. The zero-order valence-corrected chi connectivity index (χ0v) is 15.7. The smallest absolute Gasteiger partial charge is 0.312 e. The molecular weight excluding hydrogens is 360 g/mol. The van der Waals surface area contributed by atoms with Crippen molar-refractivity contribution < 1.29 is 19.1 Å². The second-order valence-corrected chi connectivity index (χ2v) is 6.03. The second kappa shape index (κ2) is 10.6. The van der Waals surface area contributed by atoms with Crippen molar-refractivity contribution in [1.29, 1.82) is 0 Å². The van der Waals surface area contributed by atoms with Gasteiger partial charge >= 0.3 is 6.03 Å². The van der Waals surface area contributed by atoms with Crippen LogP contribution in [-0.4, -0.2) is 31.5 Å². The number of benzene rings is 2. The highest BCUT2D eigenvalue weighted by Gasteiger charge is 2.10. The number of unbranched alkanes of at least 4 members (excludes halogenated alkanes) is 1. The van der Waals surface area contributed by atoms with Gasteiger partial charge in [0.2, 0.25) is 5.91 Å². The Hall–Kier alpha value is -3.55. The van der Waals surface area contributed by atoms with Gasteiger partial charge in [0, 0.05) is 24.2 Å². The molecule has 0 bridgehead atoms. The minimum absolute atomic E-state index is 0.134. The molecule has 0 saturated carbocycles. The summed E-state index contributed by atoms with van der Waals surface area (Å²) in [4.78, 5) is 34.8. The molecule has 0 radical (unpaired) electrons. The van der Waals surface area contributed by atoms with E-state index in [1.54, 1.807) is 42.5 Å². The lowest BCUT2D eigenvalue weighted by Gasteiger charge is -2.10. The van der Waals surface area contributed by atoms with Crippen LogP contribution in [0.15, 0.2) is 48.5 Å². The van der Waals surface area contributed by atoms with Crippen LogP contribution < -0.4 is 26.4 Å². The van der Waals surface area contributed by atoms with Crippen LogP contribution in [0.3, 0.4) is 0 Å². The van der Waals surface area contributed by atoms with Crippen molar-refractivity contribution in [3.8, 4) is 5.75 Å². The third-order valence-electron chi connectivity index (χ3n) is 3.92. The summed E-state index contributed by atoms with van der Waals surface area (Å²) in [6.45, 7) is 0.443. The summed E-state index contributed by atoms with van der Waals surface area (Å²) in [6, 6.07) is 13.2. The van der Waals surface area contributed by atoms with Gasteiger partial charge in [0.25, 0.3) is 5.91 Å². The van der Waals surface area contributed by atoms with E-state index >= 15 is 0 Å². The Morgan fingerprint density at radius 3 is 2.36 bits per heavy atom. The molecule has 0 atom stereocenters.